The fourth-order valence-corrected chi connectivity index (χ4v) is 2.47. The molecule has 106 valence electrons. The quantitative estimate of drug-likeness (QED) is 0.617. The fraction of sp³-hybridized carbons (Fsp3) is 0.0667. The van der Waals surface area contributed by atoms with Gasteiger partial charge in [-0.25, -0.2) is 9.78 Å². The third-order valence-electron chi connectivity index (χ3n) is 2.92. The maximum absolute atomic E-state index is 11.4. The summed E-state index contributed by atoms with van der Waals surface area (Å²) in [6.45, 7) is 1.83. The van der Waals surface area contributed by atoms with Gasteiger partial charge in [-0.05, 0) is 24.6 Å². The Morgan fingerprint density at radius 2 is 2.10 bits per heavy atom. The van der Waals surface area contributed by atoms with Crippen LogP contribution in [0.4, 0.5) is 0 Å². The summed E-state index contributed by atoms with van der Waals surface area (Å²) in [6, 6.07) is 8.23. The van der Waals surface area contributed by atoms with E-state index in [9.17, 15) is 4.79 Å². The summed E-state index contributed by atoms with van der Waals surface area (Å²) >= 11 is 9.56. The van der Waals surface area contributed by atoms with Crippen LogP contribution in [-0.4, -0.2) is 4.98 Å². The molecule has 21 heavy (non-hydrogen) atoms. The van der Waals surface area contributed by atoms with E-state index in [4.69, 9.17) is 20.8 Å². The summed E-state index contributed by atoms with van der Waals surface area (Å²) < 4.78 is 11.7. The zero-order valence-corrected chi connectivity index (χ0v) is 13.2. The van der Waals surface area contributed by atoms with Crippen molar-refractivity contribution < 1.29 is 9.15 Å². The Bertz CT molecular complexity index is 892. The van der Waals surface area contributed by atoms with Gasteiger partial charge < -0.3 is 9.15 Å². The molecule has 0 fully saturated rings. The molecule has 0 aliphatic heterocycles. The largest absolute Gasteiger partial charge is 0.437 e. The number of pyridine rings is 1. The van der Waals surface area contributed by atoms with Gasteiger partial charge in [-0.15, -0.1) is 0 Å². The van der Waals surface area contributed by atoms with Crippen LogP contribution in [0.3, 0.4) is 0 Å². The molecule has 0 aliphatic carbocycles. The Balaban J connectivity index is 2.11. The zero-order valence-electron chi connectivity index (χ0n) is 10.9. The van der Waals surface area contributed by atoms with Gasteiger partial charge in [0, 0.05) is 34.3 Å². The lowest BCUT2D eigenvalue weighted by atomic mass is 10.1. The Kier molecular flexibility index (Phi) is 3.69. The van der Waals surface area contributed by atoms with E-state index in [2.05, 4.69) is 20.9 Å². The molecule has 0 bridgehead atoms. The Morgan fingerprint density at radius 3 is 2.86 bits per heavy atom. The van der Waals surface area contributed by atoms with Gasteiger partial charge in [-0.1, -0.05) is 27.5 Å². The minimum absolute atomic E-state index is 0.378. The predicted molar refractivity (Wildman–Crippen MR) is 84.2 cm³/mol. The monoisotopic (exact) mass is 365 g/mol. The minimum Gasteiger partial charge on any atom is -0.437 e. The lowest BCUT2D eigenvalue weighted by Crippen LogP contribution is -1.98. The average molecular weight is 367 g/mol. The average Bonchev–Trinajstić information content (AvgIpc) is 2.41. The molecule has 3 aromatic rings. The van der Waals surface area contributed by atoms with Crippen molar-refractivity contribution in [2.75, 3.05) is 0 Å². The second-order valence-corrected chi connectivity index (χ2v) is 5.76. The number of hydrogen-bond acceptors (Lipinski definition) is 4. The van der Waals surface area contributed by atoms with Crippen molar-refractivity contribution in [2.24, 2.45) is 0 Å². The summed E-state index contributed by atoms with van der Waals surface area (Å²) in [4.78, 5) is 15.5. The van der Waals surface area contributed by atoms with Gasteiger partial charge in [-0.3, -0.25) is 0 Å². The number of ether oxygens (including phenoxy) is 1. The number of halogens is 2. The molecule has 0 saturated carbocycles. The van der Waals surface area contributed by atoms with E-state index in [-0.39, 0.29) is 0 Å². The van der Waals surface area contributed by atoms with Crippen LogP contribution in [0.25, 0.3) is 11.0 Å². The third kappa shape index (κ3) is 2.94. The topological polar surface area (TPSA) is 52.3 Å². The van der Waals surface area contributed by atoms with E-state index in [1.54, 1.807) is 30.5 Å². The molecule has 0 saturated heterocycles. The number of rotatable bonds is 2. The van der Waals surface area contributed by atoms with Gasteiger partial charge in [0.05, 0.1) is 5.02 Å². The van der Waals surface area contributed by atoms with E-state index < -0.39 is 5.63 Å². The van der Waals surface area contributed by atoms with Crippen LogP contribution in [0, 0.1) is 6.92 Å². The second kappa shape index (κ2) is 5.50. The second-order valence-electron chi connectivity index (χ2n) is 4.44. The molecule has 4 nitrogen and oxygen atoms in total. The molecule has 6 heteroatoms. The number of benzene rings is 1. The van der Waals surface area contributed by atoms with Gasteiger partial charge in [-0.2, -0.15) is 0 Å². The summed E-state index contributed by atoms with van der Waals surface area (Å²) in [6.07, 6.45) is 1.61. The van der Waals surface area contributed by atoms with E-state index in [1.807, 2.05) is 6.92 Å². The number of aromatic nitrogens is 1. The van der Waals surface area contributed by atoms with Crippen molar-refractivity contribution in [3.8, 4) is 11.6 Å². The third-order valence-corrected chi connectivity index (χ3v) is 3.70. The molecule has 0 unspecified atom stereocenters. The van der Waals surface area contributed by atoms with Gasteiger partial charge in [0.15, 0.2) is 5.75 Å². The molecular formula is C15H9BrClNO3. The van der Waals surface area contributed by atoms with Crippen molar-refractivity contribution in [3.05, 3.63) is 62.0 Å². The Morgan fingerprint density at radius 1 is 1.29 bits per heavy atom. The van der Waals surface area contributed by atoms with Crippen LogP contribution in [0.1, 0.15) is 5.56 Å². The van der Waals surface area contributed by atoms with E-state index in [0.29, 0.717) is 22.2 Å². The van der Waals surface area contributed by atoms with Gasteiger partial charge in [0.1, 0.15) is 5.58 Å². The summed E-state index contributed by atoms with van der Waals surface area (Å²) in [5, 5.41) is 1.19. The lowest BCUT2D eigenvalue weighted by molar-refractivity contribution is 0.461. The zero-order chi connectivity index (χ0) is 15.0. The van der Waals surface area contributed by atoms with Gasteiger partial charge in [0.25, 0.3) is 0 Å². The molecule has 1 aromatic carbocycles. The molecule has 2 aromatic heterocycles. The number of fused-ring (bicyclic) bond motifs is 1. The summed E-state index contributed by atoms with van der Waals surface area (Å²) in [5.41, 5.74) is 0.818. The van der Waals surface area contributed by atoms with Crippen molar-refractivity contribution >= 4 is 38.5 Å². The van der Waals surface area contributed by atoms with Crippen LogP contribution in [0.2, 0.25) is 5.02 Å². The smallest absolute Gasteiger partial charge is 0.336 e. The first-order chi connectivity index (χ1) is 10.0. The maximum Gasteiger partial charge on any atom is 0.336 e. The standard InChI is InChI=1S/C15H9BrClNO3/c1-8-4-15(19)21-12-7-13(11(17)6-10(8)12)20-14-5-9(16)2-3-18-14/h2-7H,1H3. The highest BCUT2D eigenvalue weighted by atomic mass is 79.9. The summed E-state index contributed by atoms with van der Waals surface area (Å²) in [5.74, 6) is 0.768. The van der Waals surface area contributed by atoms with Crippen molar-refractivity contribution in [1.29, 1.82) is 0 Å². The minimum atomic E-state index is -0.408. The summed E-state index contributed by atoms with van der Waals surface area (Å²) in [7, 11) is 0. The molecular weight excluding hydrogens is 358 g/mol. The number of hydrogen-bond donors (Lipinski definition) is 0. The molecule has 0 aliphatic rings. The lowest BCUT2D eigenvalue weighted by Gasteiger charge is -2.08. The number of aryl methyl sites for hydroxylation is 1. The van der Waals surface area contributed by atoms with E-state index >= 15 is 0 Å². The molecule has 0 N–H and O–H groups in total. The van der Waals surface area contributed by atoms with Crippen LogP contribution in [-0.2, 0) is 0 Å². The molecule has 0 radical (unpaired) electrons. The first-order valence-electron chi connectivity index (χ1n) is 6.06. The van der Waals surface area contributed by atoms with Crippen LogP contribution in [0.5, 0.6) is 11.6 Å². The maximum atomic E-state index is 11.4. The highest BCUT2D eigenvalue weighted by Gasteiger charge is 2.10. The molecule has 0 spiro atoms. The van der Waals surface area contributed by atoms with Crippen LogP contribution in [0.15, 0.2) is 50.2 Å². The molecule has 3 rings (SSSR count). The fourth-order valence-electron chi connectivity index (χ4n) is 1.95. The highest BCUT2D eigenvalue weighted by Crippen LogP contribution is 2.33. The van der Waals surface area contributed by atoms with Crippen LogP contribution >= 0.6 is 27.5 Å². The van der Waals surface area contributed by atoms with Crippen molar-refractivity contribution in [2.45, 2.75) is 6.92 Å². The van der Waals surface area contributed by atoms with E-state index in [1.165, 1.54) is 6.07 Å². The Labute approximate surface area is 133 Å². The normalized spacial score (nSPS) is 10.8. The molecule has 0 atom stereocenters. The van der Waals surface area contributed by atoms with E-state index in [0.717, 1.165) is 15.4 Å². The van der Waals surface area contributed by atoms with Crippen molar-refractivity contribution in [1.82, 2.24) is 4.98 Å². The molecule has 2 heterocycles. The number of nitrogens with zero attached hydrogens (tertiary/aromatic N) is 1. The van der Waals surface area contributed by atoms with Gasteiger partial charge in [0.2, 0.25) is 5.88 Å². The van der Waals surface area contributed by atoms with Crippen molar-refractivity contribution in [3.63, 3.8) is 0 Å². The SMILES string of the molecule is Cc1cc(=O)oc2cc(Oc3cc(Br)ccn3)c(Cl)cc12. The van der Waals surface area contributed by atoms with Crippen LogP contribution < -0.4 is 10.4 Å². The molecule has 0 amide bonds. The Hall–Kier alpha value is -1.85. The first kappa shape index (κ1) is 14.1. The predicted octanol–water partition coefficient (Wildman–Crippen LogP) is 4.70. The first-order valence-corrected chi connectivity index (χ1v) is 7.23. The highest BCUT2D eigenvalue weighted by molar-refractivity contribution is 9.10. The van der Waals surface area contributed by atoms with Gasteiger partial charge >= 0.3 is 5.63 Å².